The number of rotatable bonds is 4. The zero-order valence-corrected chi connectivity index (χ0v) is 8.94. The van der Waals surface area contributed by atoms with Crippen molar-refractivity contribution in [3.63, 3.8) is 0 Å². The average Bonchev–Trinajstić information content (AvgIpc) is 2.17. The summed E-state index contributed by atoms with van der Waals surface area (Å²) in [6.45, 7) is 3.52. The number of morpholine rings is 1. The van der Waals surface area contributed by atoms with Crippen LogP contribution in [-0.2, 0) is 19.6 Å². The van der Waals surface area contributed by atoms with Gasteiger partial charge in [0.1, 0.15) is 6.04 Å². The molecule has 0 spiro atoms. The molecule has 1 rings (SSSR count). The summed E-state index contributed by atoms with van der Waals surface area (Å²) >= 11 is 0. The third kappa shape index (κ3) is 2.77. The van der Waals surface area contributed by atoms with Crippen LogP contribution in [0.25, 0.3) is 0 Å². The quantitative estimate of drug-likeness (QED) is 0.651. The highest BCUT2D eigenvalue weighted by Gasteiger charge is 2.36. The van der Waals surface area contributed by atoms with Crippen molar-refractivity contribution >= 4 is 16.0 Å². The van der Waals surface area contributed by atoms with Crippen LogP contribution >= 0.6 is 0 Å². The van der Waals surface area contributed by atoms with Crippen molar-refractivity contribution in [2.75, 3.05) is 25.5 Å². The summed E-state index contributed by atoms with van der Waals surface area (Å²) in [5.74, 6) is -1.45. The lowest BCUT2D eigenvalue weighted by Crippen LogP contribution is -2.52. The maximum atomic E-state index is 11.6. The zero-order valence-electron chi connectivity index (χ0n) is 8.13. The molecule has 0 radical (unpaired) electrons. The molecule has 6 nitrogen and oxygen atoms in total. The topological polar surface area (TPSA) is 83.9 Å². The Morgan fingerprint density at radius 3 is 2.87 bits per heavy atom. The van der Waals surface area contributed by atoms with Crippen molar-refractivity contribution in [2.45, 2.75) is 6.04 Å². The highest BCUT2D eigenvalue weighted by atomic mass is 32.2. The van der Waals surface area contributed by atoms with Crippen LogP contribution in [0.3, 0.4) is 0 Å². The first-order chi connectivity index (χ1) is 6.99. The van der Waals surface area contributed by atoms with E-state index in [0.29, 0.717) is 0 Å². The molecule has 0 aromatic rings. The predicted molar refractivity (Wildman–Crippen MR) is 52.9 cm³/mol. The maximum absolute atomic E-state index is 11.6. The molecule has 1 aliphatic rings. The zero-order chi connectivity index (χ0) is 11.5. The van der Waals surface area contributed by atoms with Crippen molar-refractivity contribution in [3.8, 4) is 0 Å². The van der Waals surface area contributed by atoms with Crippen LogP contribution < -0.4 is 0 Å². The second-order valence-corrected chi connectivity index (χ2v) is 5.07. The standard InChI is InChI=1S/C8H13NO5S/c1-2-5-15(12,13)9-3-4-14-6-7(9)8(10)11/h2,7H,1,3-6H2,(H,10,11). The first kappa shape index (κ1) is 12.2. The summed E-state index contributed by atoms with van der Waals surface area (Å²) in [5, 5.41) is 8.83. The van der Waals surface area contributed by atoms with Gasteiger partial charge in [-0.25, -0.2) is 8.42 Å². The number of carboxylic acid groups (broad SMARTS) is 1. The molecular weight excluding hydrogens is 222 g/mol. The van der Waals surface area contributed by atoms with Gasteiger partial charge in [0.25, 0.3) is 0 Å². The lowest BCUT2D eigenvalue weighted by Gasteiger charge is -2.31. The molecule has 1 heterocycles. The van der Waals surface area contributed by atoms with Gasteiger partial charge in [-0.2, -0.15) is 4.31 Å². The minimum atomic E-state index is -3.57. The van der Waals surface area contributed by atoms with E-state index in [-0.39, 0.29) is 25.5 Å². The molecular formula is C8H13NO5S. The Bertz CT molecular complexity index is 350. The average molecular weight is 235 g/mol. The number of nitrogens with zero attached hydrogens (tertiary/aromatic N) is 1. The van der Waals surface area contributed by atoms with Gasteiger partial charge in [0.05, 0.1) is 19.0 Å². The Morgan fingerprint density at radius 1 is 1.67 bits per heavy atom. The number of hydrogen-bond donors (Lipinski definition) is 1. The van der Waals surface area contributed by atoms with Crippen molar-refractivity contribution in [1.29, 1.82) is 0 Å². The van der Waals surface area contributed by atoms with E-state index in [1.54, 1.807) is 0 Å². The monoisotopic (exact) mass is 235 g/mol. The number of carboxylic acids is 1. The molecule has 0 amide bonds. The third-order valence-electron chi connectivity index (χ3n) is 2.05. The lowest BCUT2D eigenvalue weighted by molar-refractivity contribution is -0.146. The fourth-order valence-corrected chi connectivity index (χ4v) is 2.74. The van der Waals surface area contributed by atoms with Crippen LogP contribution in [0, 0.1) is 0 Å². The first-order valence-corrected chi connectivity index (χ1v) is 6.01. The van der Waals surface area contributed by atoms with Gasteiger partial charge in [-0.15, -0.1) is 6.58 Å². The minimum Gasteiger partial charge on any atom is -0.480 e. The van der Waals surface area contributed by atoms with E-state index >= 15 is 0 Å². The highest BCUT2D eigenvalue weighted by Crippen LogP contribution is 2.13. The molecule has 7 heteroatoms. The molecule has 15 heavy (non-hydrogen) atoms. The summed E-state index contributed by atoms with van der Waals surface area (Å²) in [6.07, 6.45) is 1.24. The second kappa shape index (κ2) is 4.73. The number of sulfonamides is 1. The van der Waals surface area contributed by atoms with Crippen LogP contribution in [0.1, 0.15) is 0 Å². The summed E-state index contributed by atoms with van der Waals surface area (Å²) in [7, 11) is -3.57. The van der Waals surface area contributed by atoms with Gasteiger partial charge >= 0.3 is 5.97 Å². The molecule has 1 unspecified atom stereocenters. The molecule has 0 aromatic carbocycles. The highest BCUT2D eigenvalue weighted by molar-refractivity contribution is 7.89. The van der Waals surface area contributed by atoms with E-state index in [0.717, 1.165) is 4.31 Å². The second-order valence-electron chi connectivity index (χ2n) is 3.11. The van der Waals surface area contributed by atoms with Gasteiger partial charge < -0.3 is 9.84 Å². The first-order valence-electron chi connectivity index (χ1n) is 4.40. The maximum Gasteiger partial charge on any atom is 0.324 e. The van der Waals surface area contributed by atoms with Crippen molar-refractivity contribution in [2.24, 2.45) is 0 Å². The van der Waals surface area contributed by atoms with E-state index in [2.05, 4.69) is 6.58 Å². The van der Waals surface area contributed by atoms with Gasteiger partial charge in [0.2, 0.25) is 10.0 Å². The molecule has 1 saturated heterocycles. The molecule has 0 aliphatic carbocycles. The van der Waals surface area contributed by atoms with Gasteiger partial charge in [0.15, 0.2) is 0 Å². The summed E-state index contributed by atoms with van der Waals surface area (Å²) in [6, 6.07) is -1.12. The number of hydrogen-bond acceptors (Lipinski definition) is 4. The van der Waals surface area contributed by atoms with Crippen molar-refractivity contribution < 1.29 is 23.1 Å². The van der Waals surface area contributed by atoms with E-state index in [1.165, 1.54) is 6.08 Å². The van der Waals surface area contributed by atoms with Crippen LogP contribution in [0.15, 0.2) is 12.7 Å². The fraction of sp³-hybridized carbons (Fsp3) is 0.625. The van der Waals surface area contributed by atoms with E-state index in [4.69, 9.17) is 9.84 Å². The number of carbonyl (C=O) groups is 1. The Labute approximate surface area is 88.2 Å². The number of ether oxygens (including phenoxy) is 1. The Morgan fingerprint density at radius 2 is 2.33 bits per heavy atom. The summed E-state index contributed by atoms with van der Waals surface area (Å²) in [5.41, 5.74) is 0. The van der Waals surface area contributed by atoms with Crippen LogP contribution in [0.5, 0.6) is 0 Å². The molecule has 0 aromatic heterocycles. The van der Waals surface area contributed by atoms with Gasteiger partial charge in [-0.3, -0.25) is 4.79 Å². The van der Waals surface area contributed by atoms with Crippen molar-refractivity contribution in [1.82, 2.24) is 4.31 Å². The van der Waals surface area contributed by atoms with E-state index < -0.39 is 22.0 Å². The molecule has 0 bridgehead atoms. The Hall–Kier alpha value is -0.920. The van der Waals surface area contributed by atoms with Crippen LogP contribution in [0.2, 0.25) is 0 Å². The van der Waals surface area contributed by atoms with Crippen molar-refractivity contribution in [3.05, 3.63) is 12.7 Å². The molecule has 1 atom stereocenters. The van der Waals surface area contributed by atoms with E-state index in [1.807, 2.05) is 0 Å². The normalized spacial score (nSPS) is 23.6. The Kier molecular flexibility index (Phi) is 3.83. The van der Waals surface area contributed by atoms with Gasteiger partial charge in [-0.1, -0.05) is 6.08 Å². The molecule has 1 N–H and O–H groups in total. The lowest BCUT2D eigenvalue weighted by atomic mass is 10.3. The van der Waals surface area contributed by atoms with Crippen LogP contribution in [-0.4, -0.2) is 55.4 Å². The molecule has 86 valence electrons. The largest absolute Gasteiger partial charge is 0.480 e. The summed E-state index contributed by atoms with van der Waals surface area (Å²) in [4.78, 5) is 10.8. The predicted octanol–water partition coefficient (Wildman–Crippen LogP) is -0.712. The minimum absolute atomic E-state index is 0.0765. The summed E-state index contributed by atoms with van der Waals surface area (Å²) < 4.78 is 29.2. The SMILES string of the molecule is C=CCS(=O)(=O)N1CCOCC1C(=O)O. The Balaban J connectivity index is 2.89. The molecule has 1 fully saturated rings. The molecule has 0 saturated carbocycles. The van der Waals surface area contributed by atoms with Gasteiger partial charge in [-0.05, 0) is 0 Å². The third-order valence-corrected chi connectivity index (χ3v) is 3.86. The van der Waals surface area contributed by atoms with Crippen LogP contribution in [0.4, 0.5) is 0 Å². The van der Waals surface area contributed by atoms with Gasteiger partial charge in [0, 0.05) is 6.54 Å². The smallest absolute Gasteiger partial charge is 0.324 e. The number of aliphatic carboxylic acids is 1. The fourth-order valence-electron chi connectivity index (χ4n) is 1.36. The van der Waals surface area contributed by atoms with E-state index in [9.17, 15) is 13.2 Å². The molecule has 1 aliphatic heterocycles.